The summed E-state index contributed by atoms with van der Waals surface area (Å²) in [6.07, 6.45) is 0. The molecule has 0 radical (unpaired) electrons. The summed E-state index contributed by atoms with van der Waals surface area (Å²) in [5.41, 5.74) is 2.64. The predicted molar refractivity (Wildman–Crippen MR) is 118 cm³/mol. The maximum Gasteiger partial charge on any atom is 0.194 e. The topological polar surface area (TPSA) is 65.0 Å². The van der Waals surface area contributed by atoms with Crippen molar-refractivity contribution in [2.24, 2.45) is 4.99 Å². The summed E-state index contributed by atoms with van der Waals surface area (Å²) in [6.45, 7) is 15.1. The Balaban J connectivity index is 1.91. The minimum Gasteiger partial charge on any atom is -0.357 e. The highest BCUT2D eigenvalue weighted by molar-refractivity contribution is 7.92. The number of hydrogen-bond donors (Lipinski definition) is 1. The van der Waals surface area contributed by atoms with E-state index in [1.165, 1.54) is 11.1 Å². The number of sulfone groups is 1. The zero-order valence-electron chi connectivity index (χ0n) is 18.0. The van der Waals surface area contributed by atoms with Gasteiger partial charge >= 0.3 is 0 Å². The van der Waals surface area contributed by atoms with Crippen LogP contribution in [0.3, 0.4) is 0 Å². The highest BCUT2D eigenvalue weighted by Crippen LogP contribution is 2.16. The van der Waals surface area contributed by atoms with Gasteiger partial charge in [-0.3, -0.25) is 9.89 Å². The fourth-order valence-corrected chi connectivity index (χ4v) is 4.13. The van der Waals surface area contributed by atoms with Gasteiger partial charge in [-0.25, -0.2) is 8.42 Å². The van der Waals surface area contributed by atoms with Crippen molar-refractivity contribution in [3.8, 4) is 0 Å². The normalized spacial score (nSPS) is 17.0. The van der Waals surface area contributed by atoms with Crippen LogP contribution in [0, 0.1) is 6.92 Å². The number of aryl methyl sites for hydroxylation is 1. The lowest BCUT2D eigenvalue weighted by Gasteiger charge is -2.36. The molecule has 158 valence electrons. The Bertz CT molecular complexity index is 761. The van der Waals surface area contributed by atoms with E-state index in [-0.39, 0.29) is 5.75 Å². The Morgan fingerprint density at radius 3 is 2.43 bits per heavy atom. The van der Waals surface area contributed by atoms with Crippen molar-refractivity contribution in [2.45, 2.75) is 45.9 Å². The number of nitrogens with one attached hydrogen (secondary N) is 1. The van der Waals surface area contributed by atoms with Crippen LogP contribution >= 0.6 is 0 Å². The third kappa shape index (κ3) is 6.48. The summed E-state index contributed by atoms with van der Waals surface area (Å²) in [7, 11) is -3.15. The van der Waals surface area contributed by atoms with Crippen LogP contribution in [0.5, 0.6) is 0 Å². The molecule has 1 N–H and O–H groups in total. The second kappa shape index (κ2) is 9.74. The largest absolute Gasteiger partial charge is 0.357 e. The van der Waals surface area contributed by atoms with E-state index in [1.807, 2.05) is 6.92 Å². The van der Waals surface area contributed by atoms with Crippen molar-refractivity contribution in [3.05, 3.63) is 35.4 Å². The molecule has 0 unspecified atom stereocenters. The molecule has 0 aliphatic carbocycles. The van der Waals surface area contributed by atoms with Crippen LogP contribution in [0.25, 0.3) is 0 Å². The summed E-state index contributed by atoms with van der Waals surface area (Å²) in [5, 5.41) is 3.31. The van der Waals surface area contributed by atoms with E-state index in [0.717, 1.165) is 45.2 Å². The van der Waals surface area contributed by atoms with Gasteiger partial charge in [-0.1, -0.05) is 29.8 Å². The van der Waals surface area contributed by atoms with E-state index >= 15 is 0 Å². The number of nitrogens with zero attached hydrogens (tertiary/aromatic N) is 3. The Morgan fingerprint density at radius 1 is 1.18 bits per heavy atom. The maximum atomic E-state index is 12.3. The Labute approximate surface area is 170 Å². The van der Waals surface area contributed by atoms with Gasteiger partial charge in [0.15, 0.2) is 15.8 Å². The van der Waals surface area contributed by atoms with E-state index in [4.69, 9.17) is 0 Å². The summed E-state index contributed by atoms with van der Waals surface area (Å²) < 4.78 is 23.9. The minimum atomic E-state index is -3.15. The molecule has 1 heterocycles. The molecular weight excluding hydrogens is 372 g/mol. The third-order valence-electron chi connectivity index (χ3n) is 5.05. The van der Waals surface area contributed by atoms with Crippen molar-refractivity contribution >= 4 is 15.8 Å². The number of hydrogen-bond acceptors (Lipinski definition) is 4. The monoisotopic (exact) mass is 408 g/mol. The number of benzene rings is 1. The van der Waals surface area contributed by atoms with E-state index in [0.29, 0.717) is 6.54 Å². The van der Waals surface area contributed by atoms with Crippen molar-refractivity contribution in [1.29, 1.82) is 0 Å². The van der Waals surface area contributed by atoms with Crippen LogP contribution in [0.15, 0.2) is 29.3 Å². The molecule has 0 amide bonds. The lowest BCUT2D eigenvalue weighted by Crippen LogP contribution is -2.52. The smallest absolute Gasteiger partial charge is 0.194 e. The van der Waals surface area contributed by atoms with Crippen molar-refractivity contribution in [2.75, 3.05) is 45.0 Å². The van der Waals surface area contributed by atoms with Crippen molar-refractivity contribution in [3.63, 3.8) is 0 Å². The van der Waals surface area contributed by atoms with Crippen molar-refractivity contribution in [1.82, 2.24) is 15.1 Å². The molecule has 1 saturated heterocycles. The third-order valence-corrected chi connectivity index (χ3v) is 7.64. The first-order valence-electron chi connectivity index (χ1n) is 10.2. The van der Waals surface area contributed by atoms with Gasteiger partial charge in [-0.05, 0) is 40.2 Å². The fourth-order valence-electron chi connectivity index (χ4n) is 3.19. The molecule has 0 atom stereocenters. The average molecular weight is 409 g/mol. The van der Waals surface area contributed by atoms with Gasteiger partial charge in [0.25, 0.3) is 0 Å². The molecule has 1 aliphatic heterocycles. The number of guanidine groups is 1. The minimum absolute atomic E-state index is 0.0821. The Morgan fingerprint density at radius 2 is 1.86 bits per heavy atom. The Hall–Kier alpha value is -1.60. The lowest BCUT2D eigenvalue weighted by atomic mass is 10.1. The molecule has 6 nitrogen and oxygen atoms in total. The summed E-state index contributed by atoms with van der Waals surface area (Å²) in [5.74, 6) is 0.903. The van der Waals surface area contributed by atoms with Crippen LogP contribution in [-0.4, -0.2) is 73.9 Å². The van der Waals surface area contributed by atoms with Gasteiger partial charge in [0.1, 0.15) is 0 Å². The lowest BCUT2D eigenvalue weighted by molar-refractivity contribution is 0.172. The van der Waals surface area contributed by atoms with E-state index in [9.17, 15) is 8.42 Å². The fraction of sp³-hybridized carbons (Fsp3) is 0.667. The first kappa shape index (κ1) is 22.7. The molecule has 1 fully saturated rings. The quantitative estimate of drug-likeness (QED) is 0.578. The van der Waals surface area contributed by atoms with Crippen LogP contribution < -0.4 is 5.32 Å². The van der Waals surface area contributed by atoms with Crippen molar-refractivity contribution < 1.29 is 8.42 Å². The Kier molecular flexibility index (Phi) is 7.89. The zero-order valence-corrected chi connectivity index (χ0v) is 18.8. The first-order chi connectivity index (χ1) is 13.1. The molecule has 0 bridgehead atoms. The molecule has 1 aromatic rings. The molecule has 0 spiro atoms. The molecule has 1 aromatic carbocycles. The average Bonchev–Trinajstić information content (AvgIpc) is 2.61. The van der Waals surface area contributed by atoms with E-state index < -0.39 is 14.6 Å². The number of rotatable bonds is 6. The van der Waals surface area contributed by atoms with Gasteiger partial charge in [0, 0.05) is 39.3 Å². The highest BCUT2D eigenvalue weighted by Gasteiger charge is 2.28. The zero-order chi connectivity index (χ0) is 20.8. The highest BCUT2D eigenvalue weighted by atomic mass is 32.2. The van der Waals surface area contributed by atoms with E-state index in [2.05, 4.69) is 51.3 Å². The second-order valence-electron chi connectivity index (χ2n) is 8.42. The van der Waals surface area contributed by atoms with Crippen LogP contribution in [0.1, 0.15) is 38.8 Å². The summed E-state index contributed by atoms with van der Waals surface area (Å²) in [4.78, 5) is 9.28. The standard InChI is InChI=1S/C21H36N4O2S/c1-6-22-20(23-10-15-28(26,27)21(3,4)5)25-13-11-24(12-14-25)17-19-9-7-8-18(2)16-19/h7-9,16H,6,10-15,17H2,1-5H3,(H,22,23). The second-order valence-corrected chi connectivity index (χ2v) is 11.3. The van der Waals surface area contributed by atoms with Crippen LogP contribution in [-0.2, 0) is 16.4 Å². The van der Waals surface area contributed by atoms with Crippen LogP contribution in [0.2, 0.25) is 0 Å². The van der Waals surface area contributed by atoms with Gasteiger partial charge in [-0.15, -0.1) is 0 Å². The predicted octanol–water partition coefficient (Wildman–Crippen LogP) is 2.29. The van der Waals surface area contributed by atoms with Gasteiger partial charge in [0.05, 0.1) is 17.0 Å². The molecule has 0 saturated carbocycles. The first-order valence-corrected chi connectivity index (χ1v) is 11.8. The molecule has 1 aliphatic rings. The van der Waals surface area contributed by atoms with Crippen LogP contribution in [0.4, 0.5) is 0 Å². The molecule has 28 heavy (non-hydrogen) atoms. The summed E-state index contributed by atoms with van der Waals surface area (Å²) >= 11 is 0. The molecular formula is C21H36N4O2S. The molecule has 2 rings (SSSR count). The SMILES string of the molecule is CCNC(=NCCS(=O)(=O)C(C)(C)C)N1CCN(Cc2cccc(C)c2)CC1. The van der Waals surface area contributed by atoms with Gasteiger partial charge < -0.3 is 10.2 Å². The number of aliphatic imine (C=N–C) groups is 1. The summed E-state index contributed by atoms with van der Waals surface area (Å²) in [6, 6.07) is 8.66. The molecule has 0 aromatic heterocycles. The molecule has 7 heteroatoms. The maximum absolute atomic E-state index is 12.3. The number of piperazine rings is 1. The van der Waals surface area contributed by atoms with Gasteiger partial charge in [-0.2, -0.15) is 0 Å². The van der Waals surface area contributed by atoms with E-state index in [1.54, 1.807) is 20.8 Å². The van der Waals surface area contributed by atoms with Gasteiger partial charge in [0.2, 0.25) is 0 Å².